The Bertz CT molecular complexity index is 3360. The summed E-state index contributed by atoms with van der Waals surface area (Å²) in [6, 6.07) is 76.7. The molecule has 2 aliphatic carbocycles. The van der Waals surface area contributed by atoms with Crippen molar-refractivity contribution in [1.29, 1.82) is 0 Å². The number of fused-ring (bicyclic) bond motifs is 15. The van der Waals surface area contributed by atoms with Crippen LogP contribution in [0.25, 0.3) is 28.0 Å². The van der Waals surface area contributed by atoms with Crippen molar-refractivity contribution >= 4 is 17.2 Å². The summed E-state index contributed by atoms with van der Waals surface area (Å²) in [5, 5.41) is 0. The minimum absolute atomic E-state index is 0.581. The molecular formula is C60H39N3O. The molecule has 64 heavy (non-hydrogen) atoms. The first-order valence-corrected chi connectivity index (χ1v) is 22.0. The molecule has 2 aliphatic heterocycles. The normalized spacial score (nSPS) is 15.5. The van der Waals surface area contributed by atoms with Crippen LogP contribution < -0.4 is 4.74 Å². The van der Waals surface area contributed by atoms with E-state index in [0.29, 0.717) is 12.3 Å². The van der Waals surface area contributed by atoms with E-state index in [1.165, 1.54) is 44.5 Å². The second-order valence-corrected chi connectivity index (χ2v) is 16.9. The Labute approximate surface area is 372 Å². The molecule has 3 heterocycles. The van der Waals surface area contributed by atoms with E-state index in [2.05, 4.69) is 194 Å². The van der Waals surface area contributed by atoms with Crippen LogP contribution in [0, 0.1) is 0 Å². The lowest BCUT2D eigenvalue weighted by Gasteiger charge is -2.51. The van der Waals surface area contributed by atoms with E-state index in [9.17, 15) is 0 Å². The molecule has 0 unspecified atom stereocenters. The van der Waals surface area contributed by atoms with Gasteiger partial charge in [0.05, 0.1) is 22.2 Å². The first-order chi connectivity index (χ1) is 31.7. The summed E-state index contributed by atoms with van der Waals surface area (Å²) in [6.07, 6.45) is 4.62. The summed E-state index contributed by atoms with van der Waals surface area (Å²) in [6.45, 7) is 0. The van der Waals surface area contributed by atoms with Crippen LogP contribution in [0.15, 0.2) is 235 Å². The first-order valence-electron chi connectivity index (χ1n) is 22.0. The van der Waals surface area contributed by atoms with Gasteiger partial charge in [-0.2, -0.15) is 0 Å². The Hall–Kier alpha value is -8.21. The zero-order chi connectivity index (χ0) is 42.2. The van der Waals surface area contributed by atoms with Crippen LogP contribution in [0.3, 0.4) is 0 Å². The van der Waals surface area contributed by atoms with Gasteiger partial charge in [-0.1, -0.05) is 188 Å². The van der Waals surface area contributed by atoms with E-state index >= 15 is 0 Å². The topological polar surface area (TPSA) is 46.8 Å². The van der Waals surface area contributed by atoms with Crippen LogP contribution in [0.4, 0.5) is 0 Å². The largest absolute Gasteiger partial charge is 0.457 e. The fraction of sp³-hybridized carbons (Fsp3) is 0.0500. The predicted octanol–water partition coefficient (Wildman–Crippen LogP) is 13.6. The predicted molar refractivity (Wildman–Crippen MR) is 257 cm³/mol. The molecule has 4 nitrogen and oxygen atoms in total. The van der Waals surface area contributed by atoms with Crippen molar-refractivity contribution in [2.45, 2.75) is 17.3 Å². The van der Waals surface area contributed by atoms with Crippen LogP contribution in [-0.4, -0.2) is 16.5 Å². The van der Waals surface area contributed by atoms with Crippen molar-refractivity contribution in [2.75, 3.05) is 0 Å². The lowest BCUT2D eigenvalue weighted by molar-refractivity contribution is 0.429. The van der Waals surface area contributed by atoms with Crippen LogP contribution in [-0.2, 0) is 10.8 Å². The lowest BCUT2D eigenvalue weighted by atomic mass is 9.51. The van der Waals surface area contributed by atoms with Crippen LogP contribution >= 0.6 is 0 Å². The lowest BCUT2D eigenvalue weighted by Crippen LogP contribution is -2.45. The van der Waals surface area contributed by atoms with Crippen LogP contribution in [0.2, 0.25) is 0 Å². The highest BCUT2D eigenvalue weighted by Gasteiger charge is 2.58. The van der Waals surface area contributed by atoms with Gasteiger partial charge in [-0.05, 0) is 91.5 Å². The van der Waals surface area contributed by atoms with Gasteiger partial charge in [0.2, 0.25) is 0 Å². The molecule has 9 aromatic rings. The van der Waals surface area contributed by atoms with Gasteiger partial charge >= 0.3 is 0 Å². The maximum Gasteiger partial charge on any atom is 0.178 e. The number of pyridine rings is 1. The molecule has 0 saturated carbocycles. The number of para-hydroxylation sites is 2. The molecule has 0 amide bonds. The average Bonchev–Trinajstić information content (AvgIpc) is 3.47. The zero-order valence-electron chi connectivity index (χ0n) is 34.8. The van der Waals surface area contributed by atoms with E-state index in [-0.39, 0.29) is 0 Å². The average molecular weight is 818 g/mol. The smallest absolute Gasteiger partial charge is 0.178 e. The number of hydrogen-bond donors (Lipinski definition) is 0. The molecule has 1 aromatic heterocycles. The van der Waals surface area contributed by atoms with E-state index in [0.717, 1.165) is 62.0 Å². The second kappa shape index (κ2) is 14.2. The van der Waals surface area contributed by atoms with Gasteiger partial charge in [0, 0.05) is 29.3 Å². The quantitative estimate of drug-likeness (QED) is 0.178. The molecule has 4 aliphatic rings. The summed E-state index contributed by atoms with van der Waals surface area (Å²) >= 11 is 0. The minimum Gasteiger partial charge on any atom is -0.457 e. The number of nitrogens with zero attached hydrogens (tertiary/aromatic N) is 3. The van der Waals surface area contributed by atoms with Crippen molar-refractivity contribution in [3.05, 3.63) is 286 Å². The Morgan fingerprint density at radius 3 is 1.53 bits per heavy atom. The maximum atomic E-state index is 6.71. The van der Waals surface area contributed by atoms with Crippen LogP contribution in [0.5, 0.6) is 11.5 Å². The molecule has 0 N–H and O–H groups in total. The van der Waals surface area contributed by atoms with E-state index in [4.69, 9.17) is 19.7 Å². The fourth-order valence-corrected chi connectivity index (χ4v) is 11.3. The number of allylic oxidation sites excluding steroid dienone is 1. The standard InChI is InChI=1S/C60H39N3O/c1-2-18-39(19-3-1)53-35-36-54(63-58(62-53)55-30-16-17-37-61-55)43-22-5-4-20-41(43)40-33-34-46-44(38-40)42-21-6-7-23-45(42)59(46)47-24-8-10-26-49(47)60(50-27-11-9-25-48(50)59)51-28-12-14-31-56(51)64-57-32-15-13-29-52(57)60/h1-35,37-38H,36H2. The number of benzene rings is 8. The maximum absolute atomic E-state index is 6.71. The molecule has 300 valence electrons. The molecule has 13 rings (SSSR count). The van der Waals surface area contributed by atoms with E-state index < -0.39 is 10.8 Å². The van der Waals surface area contributed by atoms with Gasteiger partial charge in [0.25, 0.3) is 0 Å². The highest BCUT2D eigenvalue weighted by Crippen LogP contribution is 2.67. The third-order valence-corrected chi connectivity index (χ3v) is 13.8. The first kappa shape index (κ1) is 36.4. The third kappa shape index (κ3) is 5.08. The van der Waals surface area contributed by atoms with Crippen molar-refractivity contribution < 1.29 is 4.74 Å². The minimum atomic E-state index is -0.605. The number of aromatic nitrogens is 1. The van der Waals surface area contributed by atoms with E-state index in [1.54, 1.807) is 6.20 Å². The Balaban J connectivity index is 1.02. The van der Waals surface area contributed by atoms with Crippen LogP contribution in [0.1, 0.15) is 67.7 Å². The number of amidine groups is 1. The number of hydrogen-bond acceptors (Lipinski definition) is 4. The van der Waals surface area contributed by atoms with Gasteiger partial charge in [0.15, 0.2) is 5.84 Å². The molecule has 4 heteroatoms. The monoisotopic (exact) mass is 817 g/mol. The van der Waals surface area contributed by atoms with Crippen molar-refractivity contribution in [2.24, 2.45) is 9.98 Å². The molecular weight excluding hydrogens is 779 g/mol. The molecule has 0 radical (unpaired) electrons. The summed E-state index contributed by atoms with van der Waals surface area (Å²) in [4.78, 5) is 15.1. The number of aliphatic imine (C=N–C) groups is 2. The Morgan fingerprint density at radius 1 is 0.375 bits per heavy atom. The molecule has 8 aromatic carbocycles. The molecule has 0 fully saturated rings. The van der Waals surface area contributed by atoms with E-state index in [1.807, 2.05) is 24.3 Å². The van der Waals surface area contributed by atoms with Gasteiger partial charge in [-0.25, -0.2) is 9.98 Å². The van der Waals surface area contributed by atoms with Crippen molar-refractivity contribution in [3.63, 3.8) is 0 Å². The Kier molecular flexibility index (Phi) is 8.07. The van der Waals surface area contributed by atoms with Gasteiger partial charge < -0.3 is 4.74 Å². The van der Waals surface area contributed by atoms with Gasteiger partial charge in [-0.3, -0.25) is 4.98 Å². The third-order valence-electron chi connectivity index (χ3n) is 13.8. The number of ether oxygens (including phenoxy) is 1. The van der Waals surface area contributed by atoms with Crippen molar-refractivity contribution in [1.82, 2.24) is 4.98 Å². The summed E-state index contributed by atoms with van der Waals surface area (Å²) in [7, 11) is 0. The molecule has 0 atom stereocenters. The van der Waals surface area contributed by atoms with Gasteiger partial charge in [-0.15, -0.1) is 0 Å². The summed E-state index contributed by atoms with van der Waals surface area (Å²) in [5.41, 5.74) is 18.3. The second-order valence-electron chi connectivity index (χ2n) is 16.9. The highest BCUT2D eigenvalue weighted by molar-refractivity contribution is 6.17. The highest BCUT2D eigenvalue weighted by atomic mass is 16.5. The number of rotatable bonds is 4. The molecule has 0 bridgehead atoms. The van der Waals surface area contributed by atoms with Crippen molar-refractivity contribution in [3.8, 4) is 33.8 Å². The Morgan fingerprint density at radius 2 is 0.891 bits per heavy atom. The zero-order valence-corrected chi connectivity index (χ0v) is 34.8. The van der Waals surface area contributed by atoms with Gasteiger partial charge in [0.1, 0.15) is 17.2 Å². The fourth-order valence-electron chi connectivity index (χ4n) is 11.3. The SMILES string of the molecule is C1=C(c2ccccc2)N=C(c2ccccn2)N=C(c2ccccc2-c2ccc3c(c2)-c2ccccc2C32c3ccccc3C3(c4ccccc4Oc4ccccc43)c3ccccc32)C1. The molecule has 2 spiro atoms. The molecule has 0 saturated heterocycles. The summed E-state index contributed by atoms with van der Waals surface area (Å²) in [5.74, 6) is 2.38. The summed E-state index contributed by atoms with van der Waals surface area (Å²) < 4.78 is 6.71.